The highest BCUT2D eigenvalue weighted by Gasteiger charge is 2.03. The van der Waals surface area contributed by atoms with Gasteiger partial charge >= 0.3 is 0 Å². The maximum atomic E-state index is 11.7. The average Bonchev–Trinajstić information content (AvgIpc) is 2.38. The summed E-state index contributed by atoms with van der Waals surface area (Å²) in [6.07, 6.45) is 0.914. The largest absolute Gasteiger partial charge is 0.382 e. The van der Waals surface area contributed by atoms with Crippen molar-refractivity contribution in [3.8, 4) is 0 Å². The Morgan fingerprint density at radius 2 is 2.21 bits per heavy atom. The van der Waals surface area contributed by atoms with Crippen LogP contribution in [-0.2, 0) is 9.53 Å². The van der Waals surface area contributed by atoms with Crippen molar-refractivity contribution in [3.63, 3.8) is 0 Å². The molecule has 2 N–H and O–H groups in total. The van der Waals surface area contributed by atoms with E-state index in [1.54, 1.807) is 0 Å². The fraction of sp³-hybridized carbons (Fsp3) is 0.500. The molecule has 1 aromatic rings. The molecule has 0 unspecified atom stereocenters. The van der Waals surface area contributed by atoms with Gasteiger partial charge in [0.2, 0.25) is 5.91 Å². The van der Waals surface area contributed by atoms with Crippen LogP contribution in [0.1, 0.15) is 18.9 Å². The van der Waals surface area contributed by atoms with Crippen LogP contribution in [0.15, 0.2) is 22.7 Å². The van der Waals surface area contributed by atoms with Crippen LogP contribution in [0.2, 0.25) is 0 Å². The highest BCUT2D eigenvalue weighted by molar-refractivity contribution is 9.10. The topological polar surface area (TPSA) is 50.4 Å². The first kappa shape index (κ1) is 16.1. The maximum Gasteiger partial charge on any atom is 0.238 e. The van der Waals surface area contributed by atoms with Gasteiger partial charge in [-0.1, -0.05) is 22.0 Å². The molecule has 0 aliphatic carbocycles. The van der Waals surface area contributed by atoms with Crippen LogP contribution in [0.3, 0.4) is 0 Å². The van der Waals surface area contributed by atoms with Gasteiger partial charge in [0.1, 0.15) is 0 Å². The van der Waals surface area contributed by atoms with Crippen molar-refractivity contribution >= 4 is 27.5 Å². The van der Waals surface area contributed by atoms with Crippen molar-refractivity contribution < 1.29 is 9.53 Å². The number of aryl methyl sites for hydroxylation is 1. The van der Waals surface area contributed by atoms with Gasteiger partial charge < -0.3 is 15.4 Å². The molecule has 0 saturated heterocycles. The van der Waals surface area contributed by atoms with Gasteiger partial charge in [0.05, 0.1) is 6.54 Å². The number of amides is 1. The van der Waals surface area contributed by atoms with Crippen molar-refractivity contribution in [2.45, 2.75) is 20.3 Å². The molecule has 0 saturated carbocycles. The molecule has 0 aromatic heterocycles. The smallest absolute Gasteiger partial charge is 0.238 e. The van der Waals surface area contributed by atoms with Gasteiger partial charge in [0, 0.05) is 23.4 Å². The molecular formula is C14H21BrN2O2. The number of benzene rings is 1. The zero-order valence-electron chi connectivity index (χ0n) is 11.5. The van der Waals surface area contributed by atoms with Gasteiger partial charge in [-0.3, -0.25) is 4.79 Å². The average molecular weight is 329 g/mol. The molecule has 1 aromatic carbocycles. The van der Waals surface area contributed by atoms with Gasteiger partial charge in [-0.15, -0.1) is 0 Å². The molecule has 1 amide bonds. The number of carbonyl (C=O) groups is 1. The lowest BCUT2D eigenvalue weighted by Gasteiger charge is -2.08. The number of carbonyl (C=O) groups excluding carboxylic acids is 1. The molecule has 0 bridgehead atoms. The summed E-state index contributed by atoms with van der Waals surface area (Å²) in [4.78, 5) is 11.7. The Labute approximate surface area is 123 Å². The van der Waals surface area contributed by atoms with Crippen LogP contribution >= 0.6 is 15.9 Å². The molecule has 1 rings (SSSR count). The van der Waals surface area contributed by atoms with Crippen LogP contribution in [0, 0.1) is 6.92 Å². The lowest BCUT2D eigenvalue weighted by Crippen LogP contribution is -2.29. The summed E-state index contributed by atoms with van der Waals surface area (Å²) in [5.74, 6) is -0.0350. The van der Waals surface area contributed by atoms with Crippen molar-refractivity contribution in [1.29, 1.82) is 0 Å². The van der Waals surface area contributed by atoms with Gasteiger partial charge in [-0.05, 0) is 44.5 Å². The van der Waals surface area contributed by atoms with Crippen LogP contribution in [-0.4, -0.2) is 32.2 Å². The second kappa shape index (κ2) is 9.07. The third-order valence-electron chi connectivity index (χ3n) is 2.59. The van der Waals surface area contributed by atoms with Gasteiger partial charge in [-0.2, -0.15) is 0 Å². The Hall–Kier alpha value is -0.910. The Balaban J connectivity index is 2.21. The van der Waals surface area contributed by atoms with E-state index in [0.29, 0.717) is 6.54 Å². The first-order valence-corrected chi connectivity index (χ1v) is 7.27. The predicted octanol–water partition coefficient (Wildman–Crippen LogP) is 2.71. The summed E-state index contributed by atoms with van der Waals surface area (Å²) >= 11 is 3.44. The zero-order chi connectivity index (χ0) is 14.1. The fourth-order valence-corrected chi connectivity index (χ4v) is 1.90. The minimum atomic E-state index is -0.0350. The molecule has 19 heavy (non-hydrogen) atoms. The molecule has 4 nitrogen and oxygen atoms in total. The van der Waals surface area contributed by atoms with Crippen molar-refractivity contribution in [2.24, 2.45) is 0 Å². The summed E-state index contributed by atoms with van der Waals surface area (Å²) in [5.41, 5.74) is 1.95. The molecule has 0 aliphatic heterocycles. The Morgan fingerprint density at radius 1 is 1.42 bits per heavy atom. The highest BCUT2D eigenvalue weighted by Crippen LogP contribution is 2.20. The summed E-state index contributed by atoms with van der Waals surface area (Å²) < 4.78 is 6.21. The SMILES string of the molecule is CCOCCCNCC(=O)Nc1ccc(C)c(Br)c1. The molecule has 0 aliphatic rings. The van der Waals surface area contributed by atoms with Gasteiger partial charge in [0.15, 0.2) is 0 Å². The van der Waals surface area contributed by atoms with Crippen LogP contribution in [0.5, 0.6) is 0 Å². The summed E-state index contributed by atoms with van der Waals surface area (Å²) in [7, 11) is 0. The number of hydrogen-bond acceptors (Lipinski definition) is 3. The third kappa shape index (κ3) is 6.71. The fourth-order valence-electron chi connectivity index (χ4n) is 1.52. The van der Waals surface area contributed by atoms with E-state index in [0.717, 1.165) is 41.9 Å². The van der Waals surface area contributed by atoms with Gasteiger partial charge in [0.25, 0.3) is 0 Å². The van der Waals surface area contributed by atoms with E-state index in [1.165, 1.54) is 0 Å². The van der Waals surface area contributed by atoms with E-state index in [4.69, 9.17) is 4.74 Å². The molecular weight excluding hydrogens is 308 g/mol. The van der Waals surface area contributed by atoms with Gasteiger partial charge in [-0.25, -0.2) is 0 Å². The Bertz CT molecular complexity index is 410. The normalized spacial score (nSPS) is 10.5. The molecule has 0 heterocycles. The monoisotopic (exact) mass is 328 g/mol. The Kier molecular flexibility index (Phi) is 7.70. The standard InChI is InChI=1S/C14H21BrN2O2/c1-3-19-8-4-7-16-10-14(18)17-12-6-5-11(2)13(15)9-12/h5-6,9,16H,3-4,7-8,10H2,1-2H3,(H,17,18). The first-order valence-electron chi connectivity index (χ1n) is 6.48. The maximum absolute atomic E-state index is 11.7. The number of anilines is 1. The zero-order valence-corrected chi connectivity index (χ0v) is 13.0. The minimum absolute atomic E-state index is 0.0350. The van der Waals surface area contributed by atoms with Crippen molar-refractivity contribution in [2.75, 3.05) is 31.6 Å². The minimum Gasteiger partial charge on any atom is -0.382 e. The van der Waals surface area contributed by atoms with E-state index in [2.05, 4.69) is 26.6 Å². The van der Waals surface area contributed by atoms with E-state index >= 15 is 0 Å². The lowest BCUT2D eigenvalue weighted by atomic mass is 10.2. The van der Waals surface area contributed by atoms with Crippen LogP contribution in [0.4, 0.5) is 5.69 Å². The van der Waals surface area contributed by atoms with E-state index < -0.39 is 0 Å². The molecule has 0 radical (unpaired) electrons. The number of rotatable bonds is 8. The highest BCUT2D eigenvalue weighted by atomic mass is 79.9. The molecule has 0 spiro atoms. The number of hydrogen-bond donors (Lipinski definition) is 2. The number of nitrogens with one attached hydrogen (secondary N) is 2. The lowest BCUT2D eigenvalue weighted by molar-refractivity contribution is -0.115. The molecule has 0 atom stereocenters. The predicted molar refractivity (Wildman–Crippen MR) is 81.5 cm³/mol. The Morgan fingerprint density at radius 3 is 2.89 bits per heavy atom. The quantitative estimate of drug-likeness (QED) is 0.721. The van der Waals surface area contributed by atoms with E-state index in [1.807, 2.05) is 32.0 Å². The molecule has 106 valence electrons. The van der Waals surface area contributed by atoms with Crippen LogP contribution in [0.25, 0.3) is 0 Å². The second-order valence-electron chi connectivity index (χ2n) is 4.24. The summed E-state index contributed by atoms with van der Waals surface area (Å²) in [6.45, 7) is 6.55. The first-order chi connectivity index (χ1) is 9.13. The van der Waals surface area contributed by atoms with Crippen molar-refractivity contribution in [1.82, 2.24) is 5.32 Å². The second-order valence-corrected chi connectivity index (χ2v) is 5.09. The molecule has 5 heteroatoms. The van der Waals surface area contributed by atoms with E-state index in [9.17, 15) is 4.79 Å². The third-order valence-corrected chi connectivity index (χ3v) is 3.44. The molecule has 0 fully saturated rings. The number of halogens is 1. The van der Waals surface area contributed by atoms with Crippen LogP contribution < -0.4 is 10.6 Å². The van der Waals surface area contributed by atoms with Crippen molar-refractivity contribution in [3.05, 3.63) is 28.2 Å². The summed E-state index contributed by atoms with van der Waals surface area (Å²) in [5, 5.41) is 5.94. The summed E-state index contributed by atoms with van der Waals surface area (Å²) in [6, 6.07) is 5.77. The van der Waals surface area contributed by atoms with E-state index in [-0.39, 0.29) is 5.91 Å². The number of ether oxygens (including phenoxy) is 1.